The number of hydrogen-bond acceptors (Lipinski definition) is 1. The average Bonchev–Trinajstić information content (AvgIpc) is 1.87. The maximum atomic E-state index is 3.85. The smallest absolute Gasteiger partial charge is 0.159 e. The lowest BCUT2D eigenvalue weighted by molar-refractivity contribution is 0.491. The molecule has 0 atom stereocenters. The Morgan fingerprint density at radius 2 is 1.82 bits per heavy atom. The summed E-state index contributed by atoms with van der Waals surface area (Å²) in [6.07, 6.45) is 5.04. The van der Waals surface area contributed by atoms with E-state index in [1.165, 1.54) is 25.7 Å². The Labute approximate surface area is 71.7 Å². The molecule has 0 rings (SSSR count). The molecule has 0 amide bonds. The highest BCUT2D eigenvalue weighted by Gasteiger charge is 2.03. The summed E-state index contributed by atoms with van der Waals surface area (Å²) in [5, 5.41) is 3.39. The van der Waals surface area contributed by atoms with Gasteiger partial charge in [-0.1, -0.05) is 33.3 Å². The van der Waals surface area contributed by atoms with Crippen LogP contribution in [-0.2, 0) is 0 Å². The van der Waals surface area contributed by atoms with Gasteiger partial charge >= 0.3 is 0 Å². The van der Waals surface area contributed by atoms with Gasteiger partial charge in [0.1, 0.15) is 0 Å². The molecule has 0 heterocycles. The maximum absolute atomic E-state index is 3.85. The summed E-state index contributed by atoms with van der Waals surface area (Å²) in [5.74, 6) is 0. The van der Waals surface area contributed by atoms with Crippen LogP contribution in [0.1, 0.15) is 39.5 Å². The second-order valence-corrected chi connectivity index (χ2v) is 3.20. The standard InChI is InChI=1S/C9H20BN/c1-4-6-9(7-5-2)11-8(3)10/h9,11H,3-7,10H2,1-2H3. The molecular weight excluding hydrogens is 133 g/mol. The zero-order chi connectivity index (χ0) is 8.69. The van der Waals surface area contributed by atoms with E-state index in [9.17, 15) is 0 Å². The molecule has 64 valence electrons. The fraction of sp³-hybridized carbons (Fsp3) is 0.778. The van der Waals surface area contributed by atoms with E-state index in [-0.39, 0.29) is 0 Å². The molecule has 0 aromatic rings. The number of nitrogens with one attached hydrogen (secondary N) is 1. The minimum absolute atomic E-state index is 0.655. The molecule has 11 heavy (non-hydrogen) atoms. The van der Waals surface area contributed by atoms with Crippen LogP contribution in [0.15, 0.2) is 12.2 Å². The Morgan fingerprint density at radius 3 is 2.09 bits per heavy atom. The predicted molar refractivity (Wildman–Crippen MR) is 54.4 cm³/mol. The minimum Gasteiger partial charge on any atom is -0.395 e. The lowest BCUT2D eigenvalue weighted by Crippen LogP contribution is -2.27. The van der Waals surface area contributed by atoms with Crippen LogP contribution in [0, 0.1) is 0 Å². The van der Waals surface area contributed by atoms with E-state index in [1.54, 1.807) is 0 Å². The summed E-state index contributed by atoms with van der Waals surface area (Å²) in [6, 6.07) is 0.655. The van der Waals surface area contributed by atoms with E-state index in [0.29, 0.717) is 6.04 Å². The quantitative estimate of drug-likeness (QED) is 0.572. The van der Waals surface area contributed by atoms with Crippen molar-refractivity contribution in [1.29, 1.82) is 0 Å². The zero-order valence-electron chi connectivity index (χ0n) is 8.11. The first-order chi connectivity index (χ1) is 5.20. The van der Waals surface area contributed by atoms with Crippen molar-refractivity contribution in [2.24, 2.45) is 0 Å². The SMILES string of the molecule is BC(=C)NC(CCC)CCC. The van der Waals surface area contributed by atoms with Crippen molar-refractivity contribution in [2.75, 3.05) is 0 Å². The maximum Gasteiger partial charge on any atom is 0.159 e. The van der Waals surface area contributed by atoms with Crippen molar-refractivity contribution in [3.8, 4) is 0 Å². The van der Waals surface area contributed by atoms with E-state index >= 15 is 0 Å². The molecule has 0 aliphatic carbocycles. The second kappa shape index (κ2) is 6.32. The summed E-state index contributed by atoms with van der Waals surface area (Å²) >= 11 is 0. The topological polar surface area (TPSA) is 12.0 Å². The van der Waals surface area contributed by atoms with Gasteiger partial charge in [0.2, 0.25) is 0 Å². The Kier molecular flexibility index (Phi) is 6.10. The molecule has 0 bridgehead atoms. The molecule has 0 aliphatic heterocycles. The predicted octanol–water partition coefficient (Wildman–Crippen LogP) is 1.65. The third kappa shape index (κ3) is 6.02. The van der Waals surface area contributed by atoms with E-state index in [2.05, 4.69) is 25.7 Å². The van der Waals surface area contributed by atoms with Gasteiger partial charge in [0.15, 0.2) is 7.85 Å². The second-order valence-electron chi connectivity index (χ2n) is 3.20. The van der Waals surface area contributed by atoms with Gasteiger partial charge in [0.05, 0.1) is 0 Å². The largest absolute Gasteiger partial charge is 0.395 e. The van der Waals surface area contributed by atoms with Crippen LogP contribution in [-0.4, -0.2) is 13.9 Å². The molecule has 0 aliphatic rings. The highest BCUT2D eigenvalue weighted by Crippen LogP contribution is 2.04. The van der Waals surface area contributed by atoms with E-state index < -0.39 is 0 Å². The van der Waals surface area contributed by atoms with Crippen LogP contribution in [0.4, 0.5) is 0 Å². The van der Waals surface area contributed by atoms with Crippen molar-refractivity contribution in [3.63, 3.8) is 0 Å². The van der Waals surface area contributed by atoms with Gasteiger partial charge in [0.25, 0.3) is 0 Å². The van der Waals surface area contributed by atoms with Crippen molar-refractivity contribution in [3.05, 3.63) is 12.2 Å². The van der Waals surface area contributed by atoms with Crippen molar-refractivity contribution >= 4 is 7.85 Å². The molecule has 0 aromatic carbocycles. The molecule has 0 unspecified atom stereocenters. The Hall–Kier alpha value is -0.395. The van der Waals surface area contributed by atoms with Crippen molar-refractivity contribution in [2.45, 2.75) is 45.6 Å². The summed E-state index contributed by atoms with van der Waals surface area (Å²) in [7, 11) is 2.03. The lowest BCUT2D eigenvalue weighted by Gasteiger charge is -2.18. The van der Waals surface area contributed by atoms with Crippen LogP contribution in [0.5, 0.6) is 0 Å². The normalized spacial score (nSPS) is 10.1. The zero-order valence-corrected chi connectivity index (χ0v) is 8.11. The summed E-state index contributed by atoms with van der Waals surface area (Å²) in [5.41, 5.74) is 1.09. The summed E-state index contributed by atoms with van der Waals surface area (Å²) < 4.78 is 0. The Morgan fingerprint density at radius 1 is 1.36 bits per heavy atom. The molecule has 0 radical (unpaired) electrons. The van der Waals surface area contributed by atoms with Crippen LogP contribution < -0.4 is 5.32 Å². The first-order valence-electron chi connectivity index (χ1n) is 4.62. The summed E-state index contributed by atoms with van der Waals surface area (Å²) in [4.78, 5) is 0. The van der Waals surface area contributed by atoms with E-state index in [0.717, 1.165) is 5.60 Å². The van der Waals surface area contributed by atoms with Gasteiger partial charge in [0, 0.05) is 6.04 Å². The monoisotopic (exact) mass is 153 g/mol. The van der Waals surface area contributed by atoms with Crippen LogP contribution in [0.2, 0.25) is 0 Å². The first-order valence-corrected chi connectivity index (χ1v) is 4.62. The first kappa shape index (κ1) is 10.6. The van der Waals surface area contributed by atoms with Crippen LogP contribution >= 0.6 is 0 Å². The summed E-state index contributed by atoms with van der Waals surface area (Å²) in [6.45, 7) is 8.30. The third-order valence-electron chi connectivity index (χ3n) is 1.72. The third-order valence-corrected chi connectivity index (χ3v) is 1.72. The van der Waals surface area contributed by atoms with Gasteiger partial charge in [-0.25, -0.2) is 0 Å². The molecule has 0 aromatic heterocycles. The minimum atomic E-state index is 0.655. The molecule has 0 saturated heterocycles. The van der Waals surface area contributed by atoms with Gasteiger partial charge < -0.3 is 5.32 Å². The van der Waals surface area contributed by atoms with E-state index in [1.807, 2.05) is 7.85 Å². The molecule has 0 spiro atoms. The van der Waals surface area contributed by atoms with Gasteiger partial charge in [-0.3, -0.25) is 0 Å². The van der Waals surface area contributed by atoms with Gasteiger partial charge in [-0.05, 0) is 18.4 Å². The molecule has 2 heteroatoms. The molecule has 0 fully saturated rings. The fourth-order valence-corrected chi connectivity index (χ4v) is 1.33. The Bertz CT molecular complexity index is 106. The van der Waals surface area contributed by atoms with E-state index in [4.69, 9.17) is 0 Å². The molecular formula is C9H20BN. The molecule has 0 saturated carbocycles. The molecule has 1 N–H and O–H groups in total. The van der Waals surface area contributed by atoms with Crippen LogP contribution in [0.25, 0.3) is 0 Å². The number of hydrogen-bond donors (Lipinski definition) is 1. The van der Waals surface area contributed by atoms with Gasteiger partial charge in [-0.15, -0.1) is 0 Å². The van der Waals surface area contributed by atoms with Crippen LogP contribution in [0.3, 0.4) is 0 Å². The highest BCUT2D eigenvalue weighted by atomic mass is 14.9. The van der Waals surface area contributed by atoms with Gasteiger partial charge in [-0.2, -0.15) is 0 Å². The average molecular weight is 153 g/mol. The lowest BCUT2D eigenvalue weighted by atomic mass is 10.0. The van der Waals surface area contributed by atoms with Crippen molar-refractivity contribution < 1.29 is 0 Å². The number of rotatable bonds is 6. The molecule has 1 nitrogen and oxygen atoms in total. The Balaban J connectivity index is 3.59. The van der Waals surface area contributed by atoms with Crippen molar-refractivity contribution in [1.82, 2.24) is 5.32 Å². The fourth-order valence-electron chi connectivity index (χ4n) is 1.33. The highest BCUT2D eigenvalue weighted by molar-refractivity contribution is 6.20.